The Balaban J connectivity index is 1.30. The van der Waals surface area contributed by atoms with E-state index in [0.29, 0.717) is 28.5 Å². The van der Waals surface area contributed by atoms with Crippen molar-refractivity contribution in [2.24, 2.45) is 0 Å². The molecule has 0 aliphatic carbocycles. The zero-order valence-corrected chi connectivity index (χ0v) is 35.6. The van der Waals surface area contributed by atoms with E-state index in [2.05, 4.69) is 53.4 Å². The number of imidazole rings is 1. The van der Waals surface area contributed by atoms with Gasteiger partial charge in [0.05, 0.1) is 46.0 Å². The van der Waals surface area contributed by atoms with E-state index in [9.17, 15) is 10.1 Å². The molecule has 6 aromatic rings. The van der Waals surface area contributed by atoms with Gasteiger partial charge in [0.15, 0.2) is 5.65 Å². The monoisotopic (exact) mass is 830 g/mol. The first-order valence-electron chi connectivity index (χ1n) is 20.1. The zero-order valence-electron chi connectivity index (χ0n) is 34.7. The van der Waals surface area contributed by atoms with E-state index in [0.717, 1.165) is 22.3 Å². The molecule has 14 heteroatoms. The van der Waals surface area contributed by atoms with E-state index in [1.807, 2.05) is 109 Å². The number of H-pyrrole nitrogens is 1. The molecule has 7 rings (SSSR count). The Morgan fingerprint density at radius 1 is 0.867 bits per heavy atom. The van der Waals surface area contributed by atoms with Gasteiger partial charge in [-0.15, -0.1) is 0 Å². The van der Waals surface area contributed by atoms with E-state index in [4.69, 9.17) is 28.0 Å². The Bertz CT molecular complexity index is 2350. The quantitative estimate of drug-likeness (QED) is 0.0504. The third-order valence-electron chi connectivity index (χ3n) is 10.5. The average molecular weight is 831 g/mol. The normalized spacial score (nSPS) is 17.4. The van der Waals surface area contributed by atoms with Crippen molar-refractivity contribution in [1.82, 2.24) is 24.2 Å². The van der Waals surface area contributed by atoms with E-state index in [-0.39, 0.29) is 38.1 Å². The highest BCUT2D eigenvalue weighted by molar-refractivity contribution is 7.44. The number of benzene rings is 4. The lowest BCUT2D eigenvalue weighted by Gasteiger charge is -2.39. The lowest BCUT2D eigenvalue weighted by Crippen LogP contribution is -2.39. The molecule has 60 heavy (non-hydrogen) atoms. The lowest BCUT2D eigenvalue weighted by atomic mass is 9.80. The fourth-order valence-electron chi connectivity index (χ4n) is 7.66. The SMILES string of the molecule is COc1ccc(C(OC[C@H]2O[C@@H](n3cc4[nH]c(-c5ccccc5)nc4nc3=O)C[C@@H]2OP(OCCC#N)N(C(C)C)C(C)C)(c2ccccc2)c2ccc(OC)cc2)cc1. The maximum atomic E-state index is 13.8. The first-order valence-corrected chi connectivity index (χ1v) is 21.2. The largest absolute Gasteiger partial charge is 0.497 e. The topological polar surface area (TPSA) is 146 Å². The highest BCUT2D eigenvalue weighted by atomic mass is 31.2. The molecule has 0 saturated carbocycles. The summed E-state index contributed by atoms with van der Waals surface area (Å²) in [5.41, 5.74) is 2.74. The van der Waals surface area contributed by atoms with Gasteiger partial charge in [0.25, 0.3) is 8.53 Å². The molecule has 0 bridgehead atoms. The number of aromatic amines is 1. The van der Waals surface area contributed by atoms with E-state index in [1.165, 1.54) is 4.57 Å². The molecule has 1 saturated heterocycles. The minimum Gasteiger partial charge on any atom is -0.497 e. The van der Waals surface area contributed by atoms with Gasteiger partial charge in [0.1, 0.15) is 40.8 Å². The summed E-state index contributed by atoms with van der Waals surface area (Å²) >= 11 is 0. The summed E-state index contributed by atoms with van der Waals surface area (Å²) in [6.07, 6.45) is 0.139. The molecule has 13 nitrogen and oxygen atoms in total. The summed E-state index contributed by atoms with van der Waals surface area (Å²) in [6, 6.07) is 37.7. The molecule has 1 aliphatic heterocycles. The standard InChI is InChI=1S/C46H51N6O7P/c1-31(2)52(32(3)4)60(57-27-13-26-47)59-40-28-42(51-29-39-44(50-45(51)53)49-43(48-39)33-14-9-7-10-15-33)58-41(40)30-56-46(34-16-11-8-12-17-34,35-18-22-37(54-5)23-19-35)36-20-24-38(55-6)25-21-36/h7-12,14-25,29,31-32,40-42H,13,27-28,30H2,1-6H3,(H,48,49,50,53)/t40-,41+,42+,60?/m0/s1. The molecule has 0 spiro atoms. The van der Waals surface area contributed by atoms with Crippen LogP contribution in [-0.2, 0) is 24.1 Å². The van der Waals surface area contributed by atoms with Gasteiger partial charge in [-0.2, -0.15) is 10.2 Å². The number of nitrogens with one attached hydrogen (secondary N) is 1. The van der Waals surface area contributed by atoms with Crippen LogP contribution in [0.15, 0.2) is 120 Å². The van der Waals surface area contributed by atoms with Gasteiger partial charge in [0.2, 0.25) is 0 Å². The Kier molecular flexibility index (Phi) is 13.7. The van der Waals surface area contributed by atoms with Gasteiger partial charge in [-0.3, -0.25) is 4.57 Å². The van der Waals surface area contributed by atoms with Crippen molar-refractivity contribution in [1.29, 1.82) is 5.26 Å². The molecule has 4 aromatic carbocycles. The second-order valence-electron chi connectivity index (χ2n) is 15.0. The molecule has 0 radical (unpaired) electrons. The molecular weight excluding hydrogens is 780 g/mol. The van der Waals surface area contributed by atoms with Crippen LogP contribution >= 0.6 is 8.53 Å². The van der Waals surface area contributed by atoms with Crippen LogP contribution in [0.4, 0.5) is 0 Å². The van der Waals surface area contributed by atoms with Crippen LogP contribution < -0.4 is 15.2 Å². The van der Waals surface area contributed by atoms with Gasteiger partial charge in [-0.25, -0.2) is 14.4 Å². The highest BCUT2D eigenvalue weighted by Gasteiger charge is 2.45. The van der Waals surface area contributed by atoms with Crippen LogP contribution in [0.1, 0.15) is 63.5 Å². The number of ether oxygens (including phenoxy) is 4. The van der Waals surface area contributed by atoms with Gasteiger partial charge in [-0.05, 0) is 68.7 Å². The van der Waals surface area contributed by atoms with Gasteiger partial charge >= 0.3 is 5.69 Å². The summed E-state index contributed by atoms with van der Waals surface area (Å²) in [5, 5.41) is 9.40. The molecule has 1 aliphatic rings. The van der Waals surface area contributed by atoms with Crippen molar-refractivity contribution in [3.8, 4) is 29.0 Å². The number of nitriles is 1. The van der Waals surface area contributed by atoms with Gasteiger partial charge in [-0.1, -0.05) is 84.9 Å². The van der Waals surface area contributed by atoms with E-state index >= 15 is 0 Å². The fourth-order valence-corrected chi connectivity index (χ4v) is 9.42. The molecule has 312 valence electrons. The molecule has 3 heterocycles. The minimum absolute atomic E-state index is 0.0471. The lowest BCUT2D eigenvalue weighted by molar-refractivity contribution is -0.0924. The van der Waals surface area contributed by atoms with Crippen LogP contribution in [0.5, 0.6) is 11.5 Å². The second kappa shape index (κ2) is 19.3. The van der Waals surface area contributed by atoms with Crippen molar-refractivity contribution in [3.05, 3.63) is 143 Å². The predicted molar refractivity (Wildman–Crippen MR) is 230 cm³/mol. The molecule has 2 aromatic heterocycles. The molecule has 4 atom stereocenters. The van der Waals surface area contributed by atoms with Gasteiger partial charge < -0.3 is 33.0 Å². The summed E-state index contributed by atoms with van der Waals surface area (Å²) in [7, 11) is 1.60. The third kappa shape index (κ3) is 9.15. The molecule has 1 unspecified atom stereocenters. The van der Waals surface area contributed by atoms with Crippen LogP contribution in [0.25, 0.3) is 22.6 Å². The number of rotatable bonds is 18. The maximum Gasteiger partial charge on any atom is 0.351 e. The van der Waals surface area contributed by atoms with Crippen LogP contribution in [0, 0.1) is 11.3 Å². The molecule has 1 N–H and O–H groups in total. The number of aromatic nitrogens is 4. The Morgan fingerprint density at radius 2 is 1.45 bits per heavy atom. The molecular formula is C46H51N6O7P. The van der Waals surface area contributed by atoms with E-state index in [1.54, 1.807) is 20.4 Å². The Labute approximate surface area is 351 Å². The highest BCUT2D eigenvalue weighted by Crippen LogP contribution is 2.51. The first-order chi connectivity index (χ1) is 29.1. The smallest absolute Gasteiger partial charge is 0.351 e. The van der Waals surface area contributed by atoms with E-state index < -0.39 is 38.3 Å². The van der Waals surface area contributed by atoms with Crippen molar-refractivity contribution in [2.75, 3.05) is 27.4 Å². The zero-order chi connectivity index (χ0) is 42.2. The average Bonchev–Trinajstić information content (AvgIpc) is 3.88. The first kappa shape index (κ1) is 42.7. The summed E-state index contributed by atoms with van der Waals surface area (Å²) in [6.45, 7) is 8.61. The fraction of sp³-hybridized carbons (Fsp3) is 0.348. The maximum absolute atomic E-state index is 13.8. The van der Waals surface area contributed by atoms with Crippen LogP contribution in [0.3, 0.4) is 0 Å². The minimum atomic E-state index is -1.68. The summed E-state index contributed by atoms with van der Waals surface area (Å²) in [5.74, 6) is 2.02. The molecule has 0 amide bonds. The number of hydrogen-bond donors (Lipinski definition) is 1. The number of methoxy groups -OCH3 is 2. The van der Waals surface area contributed by atoms with Crippen molar-refractivity contribution >= 4 is 19.7 Å². The second-order valence-corrected chi connectivity index (χ2v) is 16.4. The predicted octanol–water partition coefficient (Wildman–Crippen LogP) is 8.76. The van der Waals surface area contributed by atoms with Gasteiger partial charge in [0, 0.05) is 30.3 Å². The van der Waals surface area contributed by atoms with Crippen molar-refractivity contribution < 1.29 is 28.0 Å². The van der Waals surface area contributed by atoms with Crippen LogP contribution in [0.2, 0.25) is 0 Å². The number of hydrogen-bond acceptors (Lipinski definition) is 11. The summed E-state index contributed by atoms with van der Waals surface area (Å²) in [4.78, 5) is 26.1. The summed E-state index contributed by atoms with van der Waals surface area (Å²) < 4.78 is 42.3. The van der Waals surface area contributed by atoms with Crippen molar-refractivity contribution in [3.63, 3.8) is 0 Å². The third-order valence-corrected chi connectivity index (χ3v) is 12.6. The Hall–Kier alpha value is -5.45. The molecule has 1 fully saturated rings. The Morgan fingerprint density at radius 3 is 2.02 bits per heavy atom. The number of nitrogens with zero attached hydrogens (tertiary/aromatic N) is 5. The van der Waals surface area contributed by atoms with Crippen molar-refractivity contribution in [2.45, 2.75) is 76.7 Å². The van der Waals surface area contributed by atoms with Crippen LogP contribution in [-0.4, -0.2) is 75.9 Å². The number of fused-ring (bicyclic) bond motifs is 1.